The summed E-state index contributed by atoms with van der Waals surface area (Å²) in [4.78, 5) is 12.4. The van der Waals surface area contributed by atoms with Gasteiger partial charge in [-0.15, -0.1) is 0 Å². The Bertz CT molecular complexity index is 828. The number of benzene rings is 2. The second-order valence-electron chi connectivity index (χ2n) is 6.52. The molecule has 3 atom stereocenters. The molecule has 2 aromatic carbocycles. The van der Waals surface area contributed by atoms with E-state index in [9.17, 15) is 9.18 Å². The smallest absolute Gasteiger partial charge is 0.340 e. The van der Waals surface area contributed by atoms with Gasteiger partial charge in [0.1, 0.15) is 5.82 Å². The number of anilines is 1. The molecule has 0 aromatic heterocycles. The molecule has 0 amide bonds. The van der Waals surface area contributed by atoms with Gasteiger partial charge in [-0.2, -0.15) is 0 Å². The van der Waals surface area contributed by atoms with Gasteiger partial charge in [0.25, 0.3) is 0 Å². The zero-order valence-corrected chi connectivity index (χ0v) is 14.0. The molecule has 4 rings (SSSR count). The number of fused-ring (bicyclic) bond motifs is 3. The average Bonchev–Trinajstić information content (AvgIpc) is 3.11. The summed E-state index contributed by atoms with van der Waals surface area (Å²) in [6.07, 6.45) is 5.37. The van der Waals surface area contributed by atoms with Crippen molar-refractivity contribution in [1.29, 1.82) is 0 Å². The molecular formula is C21H20FNO2. The Labute approximate surface area is 146 Å². The Hall–Kier alpha value is -2.62. The van der Waals surface area contributed by atoms with Crippen LogP contribution in [0.15, 0.2) is 54.6 Å². The van der Waals surface area contributed by atoms with Crippen LogP contribution in [0.5, 0.6) is 0 Å². The molecule has 25 heavy (non-hydrogen) atoms. The highest BCUT2D eigenvalue weighted by atomic mass is 19.1. The van der Waals surface area contributed by atoms with E-state index in [1.54, 1.807) is 13.0 Å². The van der Waals surface area contributed by atoms with Crippen LogP contribution in [0, 0.1) is 11.7 Å². The number of rotatable bonds is 3. The van der Waals surface area contributed by atoms with Crippen LogP contribution in [-0.2, 0) is 4.74 Å². The fourth-order valence-electron chi connectivity index (χ4n) is 4.00. The number of ether oxygens (including phenoxy) is 1. The van der Waals surface area contributed by atoms with Crippen molar-refractivity contribution in [2.45, 2.75) is 25.3 Å². The van der Waals surface area contributed by atoms with E-state index >= 15 is 0 Å². The number of halogens is 1. The molecule has 0 bridgehead atoms. The van der Waals surface area contributed by atoms with Crippen molar-refractivity contribution in [2.75, 3.05) is 11.9 Å². The maximum atomic E-state index is 13.3. The summed E-state index contributed by atoms with van der Waals surface area (Å²) in [5, 5.41) is 3.55. The first kappa shape index (κ1) is 15.9. The highest BCUT2D eigenvalue weighted by Crippen LogP contribution is 2.50. The molecule has 3 nitrogen and oxygen atoms in total. The fourth-order valence-corrected chi connectivity index (χ4v) is 4.00. The number of carbonyl (C=O) groups excluding carboxylic acids is 1. The largest absolute Gasteiger partial charge is 0.462 e. The van der Waals surface area contributed by atoms with E-state index in [0.717, 1.165) is 23.2 Å². The first-order valence-corrected chi connectivity index (χ1v) is 8.67. The molecule has 1 aliphatic heterocycles. The van der Waals surface area contributed by atoms with E-state index in [4.69, 9.17) is 4.74 Å². The zero-order valence-electron chi connectivity index (χ0n) is 14.0. The number of esters is 1. The number of hydrogen-bond acceptors (Lipinski definition) is 3. The van der Waals surface area contributed by atoms with Crippen LogP contribution in [0.25, 0.3) is 0 Å². The minimum atomic E-state index is -0.315. The molecule has 1 aliphatic carbocycles. The number of carbonyl (C=O) groups is 1. The summed E-state index contributed by atoms with van der Waals surface area (Å²) in [6.45, 7) is 2.15. The van der Waals surface area contributed by atoms with Crippen molar-refractivity contribution in [1.82, 2.24) is 0 Å². The van der Waals surface area contributed by atoms with Gasteiger partial charge in [-0.1, -0.05) is 36.4 Å². The summed E-state index contributed by atoms with van der Waals surface area (Å²) in [5.41, 5.74) is 3.56. The zero-order chi connectivity index (χ0) is 17.4. The summed E-state index contributed by atoms with van der Waals surface area (Å²) >= 11 is 0. The van der Waals surface area contributed by atoms with Crippen molar-refractivity contribution < 1.29 is 13.9 Å². The molecule has 4 heteroatoms. The van der Waals surface area contributed by atoms with Crippen LogP contribution in [0.2, 0.25) is 0 Å². The minimum Gasteiger partial charge on any atom is -0.462 e. The Morgan fingerprint density at radius 2 is 2.04 bits per heavy atom. The lowest BCUT2D eigenvalue weighted by molar-refractivity contribution is 0.0527. The van der Waals surface area contributed by atoms with Crippen LogP contribution < -0.4 is 5.32 Å². The fraction of sp³-hybridized carbons (Fsp3) is 0.286. The molecule has 1 N–H and O–H groups in total. The molecule has 0 saturated carbocycles. The van der Waals surface area contributed by atoms with E-state index in [2.05, 4.69) is 23.5 Å². The van der Waals surface area contributed by atoms with Crippen molar-refractivity contribution in [3.8, 4) is 0 Å². The van der Waals surface area contributed by atoms with Crippen molar-refractivity contribution in [2.24, 2.45) is 5.92 Å². The van der Waals surface area contributed by atoms with E-state index in [1.165, 1.54) is 12.1 Å². The van der Waals surface area contributed by atoms with Crippen LogP contribution in [0.1, 0.15) is 46.8 Å². The van der Waals surface area contributed by atoms with Crippen LogP contribution in [0.4, 0.5) is 10.1 Å². The minimum absolute atomic E-state index is 0.0312. The Morgan fingerprint density at radius 1 is 1.24 bits per heavy atom. The molecular weight excluding hydrogens is 317 g/mol. The van der Waals surface area contributed by atoms with Gasteiger partial charge in [0.15, 0.2) is 0 Å². The number of hydrogen-bond donors (Lipinski definition) is 1. The van der Waals surface area contributed by atoms with Gasteiger partial charge in [0.05, 0.1) is 23.9 Å². The van der Waals surface area contributed by atoms with Gasteiger partial charge in [-0.05, 0) is 48.6 Å². The highest BCUT2D eigenvalue weighted by molar-refractivity contribution is 5.97. The predicted molar refractivity (Wildman–Crippen MR) is 95.2 cm³/mol. The molecule has 0 spiro atoms. The second kappa shape index (κ2) is 6.36. The van der Waals surface area contributed by atoms with E-state index in [-0.39, 0.29) is 23.7 Å². The maximum Gasteiger partial charge on any atom is 0.340 e. The Morgan fingerprint density at radius 3 is 2.80 bits per heavy atom. The lowest BCUT2D eigenvalue weighted by atomic mass is 9.76. The van der Waals surface area contributed by atoms with Crippen LogP contribution >= 0.6 is 0 Å². The third-order valence-corrected chi connectivity index (χ3v) is 5.12. The lowest BCUT2D eigenvalue weighted by Gasteiger charge is -2.38. The topological polar surface area (TPSA) is 38.3 Å². The normalized spacial score (nSPS) is 23.5. The van der Waals surface area contributed by atoms with Crippen LogP contribution in [0.3, 0.4) is 0 Å². The first-order valence-electron chi connectivity index (χ1n) is 8.67. The molecule has 0 radical (unpaired) electrons. The van der Waals surface area contributed by atoms with Gasteiger partial charge in [0.2, 0.25) is 0 Å². The van der Waals surface area contributed by atoms with Crippen molar-refractivity contribution in [3.05, 3.63) is 77.1 Å². The molecule has 0 saturated heterocycles. The van der Waals surface area contributed by atoms with Crippen molar-refractivity contribution in [3.63, 3.8) is 0 Å². The quantitative estimate of drug-likeness (QED) is 0.644. The van der Waals surface area contributed by atoms with Gasteiger partial charge in [0, 0.05) is 5.92 Å². The Balaban J connectivity index is 1.79. The standard InChI is InChI=1S/C21H20FNO2/c1-2-25-21(24)18-8-4-7-17-15-5-3-6-16(15)19(23-20(17)18)13-9-11-14(22)12-10-13/h3-5,7-12,15-16,19,23H,2,6H2,1H3/t15-,16+,19+/m1/s1. The molecule has 0 unspecified atom stereocenters. The maximum absolute atomic E-state index is 13.3. The van der Waals surface area contributed by atoms with E-state index in [1.807, 2.05) is 18.2 Å². The Kier molecular flexibility index (Phi) is 4.04. The number of para-hydroxylation sites is 1. The number of allylic oxidation sites excluding steroid dienone is 2. The van der Waals surface area contributed by atoms with Crippen LogP contribution in [-0.4, -0.2) is 12.6 Å². The summed E-state index contributed by atoms with van der Waals surface area (Å²) in [6, 6.07) is 12.4. The highest BCUT2D eigenvalue weighted by Gasteiger charge is 2.39. The summed E-state index contributed by atoms with van der Waals surface area (Å²) < 4.78 is 18.5. The first-order chi connectivity index (χ1) is 12.2. The average molecular weight is 337 g/mol. The SMILES string of the molecule is CCOC(=O)c1cccc2c1N[C@@H](c1ccc(F)cc1)[C@H]1CC=C[C@@H]21. The predicted octanol–water partition coefficient (Wildman–Crippen LogP) is 4.83. The van der Waals surface area contributed by atoms with Gasteiger partial charge >= 0.3 is 5.97 Å². The molecule has 0 fully saturated rings. The number of nitrogens with one attached hydrogen (secondary N) is 1. The van der Waals surface area contributed by atoms with Crippen molar-refractivity contribution >= 4 is 11.7 Å². The summed E-state index contributed by atoms with van der Waals surface area (Å²) in [7, 11) is 0. The van der Waals surface area contributed by atoms with E-state index < -0.39 is 0 Å². The molecule has 128 valence electrons. The van der Waals surface area contributed by atoms with Gasteiger partial charge in [-0.25, -0.2) is 9.18 Å². The van der Waals surface area contributed by atoms with E-state index in [0.29, 0.717) is 18.1 Å². The second-order valence-corrected chi connectivity index (χ2v) is 6.52. The molecule has 2 aliphatic rings. The third kappa shape index (κ3) is 2.72. The lowest BCUT2D eigenvalue weighted by Crippen LogP contribution is -2.30. The van der Waals surface area contributed by atoms with Gasteiger partial charge in [-0.3, -0.25) is 0 Å². The molecule has 2 aromatic rings. The third-order valence-electron chi connectivity index (χ3n) is 5.12. The van der Waals surface area contributed by atoms with Gasteiger partial charge < -0.3 is 10.1 Å². The monoisotopic (exact) mass is 337 g/mol. The molecule has 1 heterocycles. The summed E-state index contributed by atoms with van der Waals surface area (Å²) in [5.74, 6) is 0.0505.